The molecular weight excluding hydrogens is 258 g/mol. The van der Waals surface area contributed by atoms with Gasteiger partial charge in [0.05, 0.1) is 6.04 Å². The van der Waals surface area contributed by atoms with Crippen molar-refractivity contribution in [2.45, 2.75) is 24.8 Å². The van der Waals surface area contributed by atoms with E-state index in [2.05, 4.69) is 54.6 Å². The molecule has 0 radical (unpaired) electrons. The summed E-state index contributed by atoms with van der Waals surface area (Å²) >= 11 is 0. The fraction of sp³-hybridized carbons (Fsp3) is 0.316. The van der Waals surface area contributed by atoms with Gasteiger partial charge in [-0.1, -0.05) is 54.6 Å². The van der Waals surface area contributed by atoms with Gasteiger partial charge < -0.3 is 4.90 Å². The summed E-state index contributed by atoms with van der Waals surface area (Å²) in [6, 6.07) is 19.6. The van der Waals surface area contributed by atoms with Crippen LogP contribution in [0.15, 0.2) is 54.6 Å². The lowest BCUT2D eigenvalue weighted by atomic mass is 9.80. The van der Waals surface area contributed by atoms with Crippen LogP contribution in [0.25, 0.3) is 0 Å². The summed E-state index contributed by atoms with van der Waals surface area (Å²) in [6.45, 7) is 0. The second-order valence-electron chi connectivity index (χ2n) is 6.17. The highest BCUT2D eigenvalue weighted by Crippen LogP contribution is 2.54. The Hall–Kier alpha value is -2.09. The topological polar surface area (TPSA) is 20.3 Å². The number of hydrogen-bond acceptors (Lipinski definition) is 1. The van der Waals surface area contributed by atoms with E-state index in [-0.39, 0.29) is 11.9 Å². The highest BCUT2D eigenvalue weighted by molar-refractivity contribution is 5.78. The highest BCUT2D eigenvalue weighted by Gasteiger charge is 2.46. The molecule has 1 aliphatic carbocycles. The summed E-state index contributed by atoms with van der Waals surface area (Å²) in [5.41, 5.74) is 4.12. The third-order valence-electron chi connectivity index (χ3n) is 5.14. The standard InChI is InChI=1S/C19H19NO/c1-20-17(21)12-11-16-18(13-7-3-2-4-8-13)14-9-5-6-10-15(14)19(16)20/h2-10,16,18-19H,11-12H2,1H3/t16-,18-,19+/m0/s1. The van der Waals surface area contributed by atoms with Crippen LogP contribution in [0.5, 0.6) is 0 Å². The van der Waals surface area contributed by atoms with Crippen LogP contribution in [0.4, 0.5) is 0 Å². The molecule has 0 N–H and O–H groups in total. The summed E-state index contributed by atoms with van der Waals surface area (Å²) < 4.78 is 0. The van der Waals surface area contributed by atoms with Crippen LogP contribution in [-0.4, -0.2) is 17.9 Å². The second kappa shape index (κ2) is 4.73. The van der Waals surface area contributed by atoms with Crippen molar-refractivity contribution in [1.29, 1.82) is 0 Å². The molecule has 1 heterocycles. The van der Waals surface area contributed by atoms with Crippen molar-refractivity contribution in [3.63, 3.8) is 0 Å². The van der Waals surface area contributed by atoms with Gasteiger partial charge in [-0.2, -0.15) is 0 Å². The van der Waals surface area contributed by atoms with E-state index < -0.39 is 0 Å². The minimum Gasteiger partial charge on any atom is -0.338 e. The van der Waals surface area contributed by atoms with Gasteiger partial charge in [-0.05, 0) is 29.0 Å². The lowest BCUT2D eigenvalue weighted by Gasteiger charge is -2.37. The van der Waals surface area contributed by atoms with E-state index in [1.807, 2.05) is 11.9 Å². The highest BCUT2D eigenvalue weighted by atomic mass is 16.2. The Morgan fingerprint density at radius 2 is 1.62 bits per heavy atom. The molecule has 2 aromatic carbocycles. The van der Waals surface area contributed by atoms with Gasteiger partial charge >= 0.3 is 0 Å². The van der Waals surface area contributed by atoms with E-state index in [0.29, 0.717) is 18.3 Å². The third kappa shape index (κ3) is 1.82. The molecule has 3 atom stereocenters. The van der Waals surface area contributed by atoms with Gasteiger partial charge in [-0.15, -0.1) is 0 Å². The van der Waals surface area contributed by atoms with Gasteiger partial charge in [0.1, 0.15) is 0 Å². The zero-order valence-corrected chi connectivity index (χ0v) is 12.2. The number of piperidine rings is 1. The maximum Gasteiger partial charge on any atom is 0.222 e. The number of hydrogen-bond donors (Lipinski definition) is 0. The van der Waals surface area contributed by atoms with Crippen molar-refractivity contribution in [2.24, 2.45) is 5.92 Å². The van der Waals surface area contributed by atoms with Crippen molar-refractivity contribution in [3.8, 4) is 0 Å². The summed E-state index contributed by atoms with van der Waals surface area (Å²) in [5.74, 6) is 1.20. The Balaban J connectivity index is 1.87. The summed E-state index contributed by atoms with van der Waals surface area (Å²) in [7, 11) is 1.96. The first kappa shape index (κ1) is 12.6. The monoisotopic (exact) mass is 277 g/mol. The fourth-order valence-electron chi connectivity index (χ4n) is 4.24. The molecule has 0 bridgehead atoms. The van der Waals surface area contributed by atoms with E-state index in [1.54, 1.807) is 0 Å². The van der Waals surface area contributed by atoms with E-state index in [9.17, 15) is 4.79 Å². The first-order chi connectivity index (χ1) is 10.3. The summed E-state index contributed by atoms with van der Waals surface area (Å²) in [6.07, 6.45) is 1.66. The van der Waals surface area contributed by atoms with Gasteiger partial charge in [0, 0.05) is 19.4 Å². The Labute approximate surface area is 125 Å². The number of likely N-dealkylation sites (tertiary alicyclic amines) is 1. The lowest BCUT2D eigenvalue weighted by molar-refractivity contribution is -0.136. The van der Waals surface area contributed by atoms with Gasteiger partial charge in [0.2, 0.25) is 5.91 Å². The largest absolute Gasteiger partial charge is 0.338 e. The predicted octanol–water partition coefficient (Wildman–Crippen LogP) is 3.74. The lowest BCUT2D eigenvalue weighted by Crippen LogP contribution is -2.39. The quantitative estimate of drug-likeness (QED) is 0.777. The molecule has 2 heteroatoms. The molecule has 4 rings (SSSR count). The number of carbonyl (C=O) groups excluding carboxylic acids is 1. The minimum absolute atomic E-state index is 0.243. The number of nitrogens with zero attached hydrogens (tertiary/aromatic N) is 1. The molecule has 2 aromatic rings. The van der Waals surface area contributed by atoms with Crippen LogP contribution in [-0.2, 0) is 4.79 Å². The van der Waals surface area contributed by atoms with Crippen molar-refractivity contribution in [1.82, 2.24) is 4.90 Å². The van der Waals surface area contributed by atoms with Crippen molar-refractivity contribution >= 4 is 5.91 Å². The van der Waals surface area contributed by atoms with Crippen LogP contribution >= 0.6 is 0 Å². The van der Waals surface area contributed by atoms with E-state index in [4.69, 9.17) is 0 Å². The minimum atomic E-state index is 0.243. The molecule has 1 saturated heterocycles. The predicted molar refractivity (Wildman–Crippen MR) is 83.0 cm³/mol. The molecular formula is C19H19NO. The maximum atomic E-state index is 12.1. The van der Waals surface area contributed by atoms with E-state index >= 15 is 0 Å². The fourth-order valence-corrected chi connectivity index (χ4v) is 4.24. The van der Waals surface area contributed by atoms with Crippen molar-refractivity contribution < 1.29 is 4.79 Å². The Morgan fingerprint density at radius 1 is 0.952 bits per heavy atom. The third-order valence-corrected chi connectivity index (χ3v) is 5.14. The van der Waals surface area contributed by atoms with Crippen molar-refractivity contribution in [3.05, 3.63) is 71.3 Å². The number of rotatable bonds is 1. The molecule has 0 aromatic heterocycles. The number of carbonyl (C=O) groups is 1. The average Bonchev–Trinajstić information content (AvgIpc) is 2.87. The van der Waals surface area contributed by atoms with Gasteiger partial charge in [-0.25, -0.2) is 0 Å². The smallest absolute Gasteiger partial charge is 0.222 e. The molecule has 1 fully saturated rings. The van der Waals surface area contributed by atoms with Crippen LogP contribution in [0, 0.1) is 5.92 Å². The summed E-state index contributed by atoms with van der Waals surface area (Å²) in [4.78, 5) is 14.1. The van der Waals surface area contributed by atoms with Crippen LogP contribution in [0.3, 0.4) is 0 Å². The Kier molecular flexibility index (Phi) is 2.85. The second-order valence-corrected chi connectivity index (χ2v) is 6.17. The molecule has 1 amide bonds. The van der Waals surface area contributed by atoms with Crippen LogP contribution in [0.1, 0.15) is 41.5 Å². The molecule has 0 saturated carbocycles. The number of fused-ring (bicyclic) bond motifs is 3. The molecule has 0 spiro atoms. The summed E-state index contributed by atoms with van der Waals surface area (Å²) in [5, 5.41) is 0. The molecule has 21 heavy (non-hydrogen) atoms. The number of amides is 1. The van der Waals surface area contributed by atoms with Crippen LogP contribution in [0.2, 0.25) is 0 Å². The molecule has 2 aliphatic rings. The van der Waals surface area contributed by atoms with E-state index in [0.717, 1.165) is 6.42 Å². The Bertz CT molecular complexity index is 679. The van der Waals surface area contributed by atoms with Gasteiger partial charge in [-0.3, -0.25) is 4.79 Å². The van der Waals surface area contributed by atoms with Gasteiger partial charge in [0.25, 0.3) is 0 Å². The van der Waals surface area contributed by atoms with Crippen LogP contribution < -0.4 is 0 Å². The number of benzene rings is 2. The SMILES string of the molecule is CN1C(=O)CC[C@H]2[C@@H](c3ccccc3)c3ccccc3[C@H]21. The molecule has 2 nitrogen and oxygen atoms in total. The average molecular weight is 277 g/mol. The maximum absolute atomic E-state index is 12.1. The molecule has 106 valence electrons. The zero-order valence-electron chi connectivity index (χ0n) is 12.2. The zero-order chi connectivity index (χ0) is 14.4. The Morgan fingerprint density at radius 3 is 2.38 bits per heavy atom. The normalized spacial score (nSPS) is 27.4. The van der Waals surface area contributed by atoms with Crippen molar-refractivity contribution in [2.75, 3.05) is 7.05 Å². The van der Waals surface area contributed by atoms with Gasteiger partial charge in [0.15, 0.2) is 0 Å². The van der Waals surface area contributed by atoms with E-state index in [1.165, 1.54) is 16.7 Å². The molecule has 0 unspecified atom stereocenters. The molecule has 1 aliphatic heterocycles. The first-order valence-corrected chi connectivity index (χ1v) is 7.67. The first-order valence-electron chi connectivity index (χ1n) is 7.67.